The lowest BCUT2D eigenvalue weighted by molar-refractivity contribution is 0.103. The van der Waals surface area contributed by atoms with Gasteiger partial charge in [0.05, 0.1) is 0 Å². The Balaban J connectivity index is 2.44. The maximum absolute atomic E-state index is 13.1. The lowest BCUT2D eigenvalue weighted by Crippen LogP contribution is -2.04. The molecule has 0 saturated carbocycles. The third kappa shape index (κ3) is 2.34. The molecule has 0 unspecified atom stereocenters. The molecule has 0 aliphatic rings. The quantitative estimate of drug-likeness (QED) is 0.658. The molecule has 2 nitrogen and oxygen atoms in total. The van der Waals surface area contributed by atoms with Crippen molar-refractivity contribution < 1.29 is 18.0 Å². The maximum Gasteiger partial charge on any atom is 0.193 e. The highest BCUT2D eigenvalue weighted by molar-refractivity contribution is 6.09. The van der Waals surface area contributed by atoms with Crippen LogP contribution >= 0.6 is 0 Å². The Morgan fingerprint density at radius 1 is 0.889 bits per heavy atom. The Morgan fingerprint density at radius 2 is 1.61 bits per heavy atom. The molecule has 0 saturated heterocycles. The van der Waals surface area contributed by atoms with Gasteiger partial charge in [-0.25, -0.2) is 13.2 Å². The van der Waals surface area contributed by atoms with Gasteiger partial charge in [0.2, 0.25) is 0 Å². The van der Waals surface area contributed by atoms with Crippen LogP contribution in [-0.2, 0) is 0 Å². The Hall–Kier alpha value is -2.30. The van der Waals surface area contributed by atoms with E-state index in [0.29, 0.717) is 0 Å². The smallest absolute Gasteiger partial charge is 0.193 e. The van der Waals surface area contributed by atoms with Gasteiger partial charge < -0.3 is 5.73 Å². The molecule has 0 amide bonds. The van der Waals surface area contributed by atoms with E-state index in [1.807, 2.05) is 0 Å². The van der Waals surface area contributed by atoms with E-state index in [1.54, 1.807) is 0 Å². The molecule has 0 radical (unpaired) electrons. The number of hydrogen-bond donors (Lipinski definition) is 1. The number of rotatable bonds is 2. The number of nitrogen functional groups attached to an aromatic ring is 1. The van der Waals surface area contributed by atoms with Gasteiger partial charge in [0.25, 0.3) is 0 Å². The fourth-order valence-corrected chi connectivity index (χ4v) is 1.55. The van der Waals surface area contributed by atoms with E-state index in [4.69, 9.17) is 5.73 Å². The van der Waals surface area contributed by atoms with Crippen molar-refractivity contribution in [2.75, 3.05) is 5.73 Å². The number of anilines is 1. The lowest BCUT2D eigenvalue weighted by Gasteiger charge is -2.03. The fraction of sp³-hybridized carbons (Fsp3) is 0. The molecule has 2 rings (SSSR count). The number of nitrogens with two attached hydrogens (primary N) is 1. The standard InChI is InChI=1S/C13H8F3NO/c14-9-3-8(4-10(17)6-9)13(18)7-1-2-11(15)12(16)5-7/h1-6H,17H2. The number of benzene rings is 2. The number of halogens is 3. The van der Waals surface area contributed by atoms with Crippen LogP contribution in [0.2, 0.25) is 0 Å². The highest BCUT2D eigenvalue weighted by atomic mass is 19.2. The SMILES string of the molecule is Nc1cc(F)cc(C(=O)c2ccc(F)c(F)c2)c1. The van der Waals surface area contributed by atoms with Crippen molar-refractivity contribution in [2.24, 2.45) is 0 Å². The first kappa shape index (κ1) is 12.2. The minimum Gasteiger partial charge on any atom is -0.399 e. The summed E-state index contributed by atoms with van der Waals surface area (Å²) in [5.74, 6) is -3.48. The Bertz CT molecular complexity index is 605. The highest BCUT2D eigenvalue weighted by Crippen LogP contribution is 2.17. The topological polar surface area (TPSA) is 43.1 Å². The van der Waals surface area contributed by atoms with Crippen LogP contribution in [0, 0.1) is 17.5 Å². The second-order valence-electron chi connectivity index (χ2n) is 3.73. The molecular weight excluding hydrogens is 243 g/mol. The Labute approximate surface area is 101 Å². The monoisotopic (exact) mass is 251 g/mol. The van der Waals surface area contributed by atoms with Crippen LogP contribution in [0.25, 0.3) is 0 Å². The predicted molar refractivity (Wildman–Crippen MR) is 60.6 cm³/mol. The number of carbonyl (C=O) groups is 1. The van der Waals surface area contributed by atoms with Gasteiger partial charge in [-0.3, -0.25) is 4.79 Å². The molecule has 0 heterocycles. The van der Waals surface area contributed by atoms with E-state index in [1.165, 1.54) is 6.07 Å². The summed E-state index contributed by atoms with van der Waals surface area (Å²) in [5.41, 5.74) is 5.40. The summed E-state index contributed by atoms with van der Waals surface area (Å²) in [6.45, 7) is 0. The molecule has 2 N–H and O–H groups in total. The van der Waals surface area contributed by atoms with Gasteiger partial charge in [-0.2, -0.15) is 0 Å². The van der Waals surface area contributed by atoms with E-state index in [2.05, 4.69) is 0 Å². The van der Waals surface area contributed by atoms with Crippen molar-refractivity contribution in [3.63, 3.8) is 0 Å². The fourth-order valence-electron chi connectivity index (χ4n) is 1.55. The van der Waals surface area contributed by atoms with Crippen LogP contribution in [-0.4, -0.2) is 5.78 Å². The Kier molecular flexibility index (Phi) is 3.06. The third-order valence-electron chi connectivity index (χ3n) is 2.36. The van der Waals surface area contributed by atoms with Crippen LogP contribution in [0.1, 0.15) is 15.9 Å². The van der Waals surface area contributed by atoms with Gasteiger partial charge in [0, 0.05) is 16.8 Å². The average Bonchev–Trinajstić information content (AvgIpc) is 2.30. The van der Waals surface area contributed by atoms with Gasteiger partial charge in [-0.1, -0.05) is 0 Å². The van der Waals surface area contributed by atoms with E-state index in [-0.39, 0.29) is 16.8 Å². The Morgan fingerprint density at radius 3 is 2.22 bits per heavy atom. The molecular formula is C13H8F3NO. The van der Waals surface area contributed by atoms with Gasteiger partial charge in [0.1, 0.15) is 5.82 Å². The predicted octanol–water partition coefficient (Wildman–Crippen LogP) is 2.92. The first-order valence-electron chi connectivity index (χ1n) is 5.03. The van der Waals surface area contributed by atoms with Crippen molar-refractivity contribution >= 4 is 11.5 Å². The molecule has 0 aromatic heterocycles. The highest BCUT2D eigenvalue weighted by Gasteiger charge is 2.13. The molecule has 0 bridgehead atoms. The molecule has 0 spiro atoms. The summed E-state index contributed by atoms with van der Waals surface area (Å²) >= 11 is 0. The second-order valence-corrected chi connectivity index (χ2v) is 3.73. The van der Waals surface area contributed by atoms with Crippen molar-refractivity contribution in [1.29, 1.82) is 0 Å². The molecule has 2 aromatic carbocycles. The second kappa shape index (κ2) is 4.52. The molecule has 2 aromatic rings. The summed E-state index contributed by atoms with van der Waals surface area (Å²) < 4.78 is 38.8. The summed E-state index contributed by atoms with van der Waals surface area (Å²) in [4.78, 5) is 11.9. The van der Waals surface area contributed by atoms with Crippen LogP contribution in [0.15, 0.2) is 36.4 Å². The number of ketones is 1. The van der Waals surface area contributed by atoms with Crippen LogP contribution in [0.5, 0.6) is 0 Å². The van der Waals surface area contributed by atoms with Gasteiger partial charge >= 0.3 is 0 Å². The van der Waals surface area contributed by atoms with E-state index in [0.717, 1.165) is 30.3 Å². The van der Waals surface area contributed by atoms with E-state index >= 15 is 0 Å². The van der Waals surface area contributed by atoms with Crippen molar-refractivity contribution in [3.8, 4) is 0 Å². The largest absolute Gasteiger partial charge is 0.399 e. The summed E-state index contributed by atoms with van der Waals surface area (Å²) in [6.07, 6.45) is 0. The minimum atomic E-state index is -1.13. The average molecular weight is 251 g/mol. The van der Waals surface area contributed by atoms with Crippen LogP contribution < -0.4 is 5.73 Å². The van der Waals surface area contributed by atoms with Gasteiger partial charge in [-0.15, -0.1) is 0 Å². The number of hydrogen-bond acceptors (Lipinski definition) is 2. The molecule has 18 heavy (non-hydrogen) atoms. The molecule has 0 aliphatic heterocycles. The molecule has 0 atom stereocenters. The zero-order valence-corrected chi connectivity index (χ0v) is 9.08. The number of carbonyl (C=O) groups excluding carboxylic acids is 1. The molecule has 5 heteroatoms. The maximum atomic E-state index is 13.1. The molecule has 0 fully saturated rings. The zero-order chi connectivity index (χ0) is 13.3. The van der Waals surface area contributed by atoms with Gasteiger partial charge in [0.15, 0.2) is 17.4 Å². The van der Waals surface area contributed by atoms with Gasteiger partial charge in [-0.05, 0) is 36.4 Å². The normalized spacial score (nSPS) is 10.4. The lowest BCUT2D eigenvalue weighted by atomic mass is 10.0. The summed E-state index contributed by atoms with van der Waals surface area (Å²) in [5, 5.41) is 0. The van der Waals surface area contributed by atoms with E-state index < -0.39 is 23.2 Å². The van der Waals surface area contributed by atoms with Crippen LogP contribution in [0.4, 0.5) is 18.9 Å². The summed E-state index contributed by atoms with van der Waals surface area (Å²) in [6, 6.07) is 6.04. The third-order valence-corrected chi connectivity index (χ3v) is 2.36. The van der Waals surface area contributed by atoms with Crippen LogP contribution in [0.3, 0.4) is 0 Å². The summed E-state index contributed by atoms with van der Waals surface area (Å²) in [7, 11) is 0. The van der Waals surface area contributed by atoms with E-state index in [9.17, 15) is 18.0 Å². The molecule has 0 aliphatic carbocycles. The van der Waals surface area contributed by atoms with Crippen molar-refractivity contribution in [3.05, 3.63) is 65.0 Å². The first-order valence-corrected chi connectivity index (χ1v) is 5.03. The minimum absolute atomic E-state index is 0.0153. The molecule has 92 valence electrons. The zero-order valence-electron chi connectivity index (χ0n) is 9.08. The van der Waals surface area contributed by atoms with Crippen molar-refractivity contribution in [1.82, 2.24) is 0 Å². The first-order chi connectivity index (χ1) is 8.47. The van der Waals surface area contributed by atoms with Crippen molar-refractivity contribution in [2.45, 2.75) is 0 Å².